The summed E-state index contributed by atoms with van der Waals surface area (Å²) in [6.07, 6.45) is -0.487. The summed E-state index contributed by atoms with van der Waals surface area (Å²) >= 11 is 0. The zero-order valence-corrected chi connectivity index (χ0v) is 8.10. The van der Waals surface area contributed by atoms with E-state index < -0.39 is 18.0 Å². The Morgan fingerprint density at radius 1 is 1.38 bits per heavy atom. The Morgan fingerprint density at radius 2 is 2.12 bits per heavy atom. The molecule has 82 valence electrons. The van der Waals surface area contributed by atoms with Crippen molar-refractivity contribution in [2.45, 2.75) is 6.42 Å². The predicted octanol–water partition coefficient (Wildman–Crippen LogP) is -0.209. The van der Waals surface area contributed by atoms with Crippen molar-refractivity contribution in [2.75, 3.05) is 0 Å². The van der Waals surface area contributed by atoms with Crippen LogP contribution in [-0.4, -0.2) is 11.1 Å². The molecule has 1 N–H and O–H groups in total. The molecule has 0 atom stereocenters. The quantitative estimate of drug-likeness (QED) is 0.706. The number of carbonyl (C=O) groups excluding carboxylic acids is 1. The second-order valence-electron chi connectivity index (χ2n) is 3.33. The minimum Gasteiger partial charge on any atom is -0.550 e. The largest absolute Gasteiger partial charge is 0.550 e. The van der Waals surface area contributed by atoms with Crippen LogP contribution in [0.4, 0.5) is 0 Å². The van der Waals surface area contributed by atoms with Crippen LogP contribution in [-0.2, 0) is 11.2 Å². The maximum Gasteiger partial charge on any atom is 0.339 e. The highest BCUT2D eigenvalue weighted by Crippen LogP contribution is 2.19. The number of hydrogen-bond donors (Lipinski definition) is 1. The number of benzene rings is 1. The van der Waals surface area contributed by atoms with E-state index >= 15 is 0 Å². The van der Waals surface area contributed by atoms with Gasteiger partial charge in [0.05, 0.1) is 0 Å². The van der Waals surface area contributed by atoms with Crippen molar-refractivity contribution in [3.05, 3.63) is 40.2 Å². The third-order valence-corrected chi connectivity index (χ3v) is 2.13. The Hall–Kier alpha value is -2.30. The molecule has 0 fully saturated rings. The van der Waals surface area contributed by atoms with E-state index in [-0.39, 0.29) is 16.9 Å². The van der Waals surface area contributed by atoms with E-state index in [1.165, 1.54) is 24.3 Å². The summed E-state index contributed by atoms with van der Waals surface area (Å²) in [5.41, 5.74) is -0.493. The predicted molar refractivity (Wildman–Crippen MR) is 52.9 cm³/mol. The summed E-state index contributed by atoms with van der Waals surface area (Å²) in [5, 5.41) is 20.1. The molecule has 0 radical (unpaired) electrons. The van der Waals surface area contributed by atoms with Crippen molar-refractivity contribution < 1.29 is 19.4 Å². The Labute approximate surface area is 89.6 Å². The average Bonchev–Trinajstić information content (AvgIpc) is 2.19. The van der Waals surface area contributed by atoms with Gasteiger partial charge in [0, 0.05) is 29.4 Å². The zero-order chi connectivity index (χ0) is 11.7. The molecule has 0 spiro atoms. The van der Waals surface area contributed by atoms with Crippen LogP contribution in [0.15, 0.2) is 33.5 Å². The van der Waals surface area contributed by atoms with Crippen LogP contribution in [0.1, 0.15) is 5.56 Å². The van der Waals surface area contributed by atoms with E-state index in [1.54, 1.807) is 0 Å². The second-order valence-corrected chi connectivity index (χ2v) is 3.33. The second kappa shape index (κ2) is 3.69. The van der Waals surface area contributed by atoms with Crippen molar-refractivity contribution in [3.63, 3.8) is 0 Å². The standard InChI is InChI=1S/C11H8O5/c12-8-2-1-6-3-7(4-10(13)14)11(15)16-9(6)5-8/h1-3,5,12H,4H2,(H,13,14)/p-1. The Morgan fingerprint density at radius 3 is 2.81 bits per heavy atom. The Bertz CT molecular complexity index is 611. The first-order valence-electron chi connectivity index (χ1n) is 4.52. The van der Waals surface area contributed by atoms with Gasteiger partial charge >= 0.3 is 5.63 Å². The van der Waals surface area contributed by atoms with Crippen LogP contribution in [0.5, 0.6) is 5.75 Å². The Kier molecular flexibility index (Phi) is 2.36. The van der Waals surface area contributed by atoms with Crippen LogP contribution in [0.25, 0.3) is 11.0 Å². The highest BCUT2D eigenvalue weighted by Gasteiger charge is 2.05. The molecular weight excluding hydrogens is 212 g/mol. The van der Waals surface area contributed by atoms with Gasteiger partial charge in [-0.15, -0.1) is 0 Å². The summed E-state index contributed by atoms with van der Waals surface area (Å²) in [5.74, 6) is -1.37. The van der Waals surface area contributed by atoms with Gasteiger partial charge < -0.3 is 19.4 Å². The summed E-state index contributed by atoms with van der Waals surface area (Å²) in [6.45, 7) is 0. The number of carbonyl (C=O) groups is 1. The topological polar surface area (TPSA) is 90.6 Å². The lowest BCUT2D eigenvalue weighted by molar-refractivity contribution is -0.304. The Balaban J connectivity index is 2.63. The van der Waals surface area contributed by atoms with Gasteiger partial charge in [-0.3, -0.25) is 0 Å². The van der Waals surface area contributed by atoms with E-state index in [0.29, 0.717) is 5.39 Å². The van der Waals surface area contributed by atoms with Gasteiger partial charge in [-0.05, 0) is 18.2 Å². The van der Waals surface area contributed by atoms with E-state index in [4.69, 9.17) is 9.52 Å². The van der Waals surface area contributed by atoms with Gasteiger partial charge in [0.15, 0.2) is 0 Å². The maximum absolute atomic E-state index is 11.3. The number of phenolic OH excluding ortho intramolecular Hbond substituents is 1. The van der Waals surface area contributed by atoms with Gasteiger partial charge in [-0.2, -0.15) is 0 Å². The molecule has 0 aliphatic rings. The number of rotatable bonds is 2. The highest BCUT2D eigenvalue weighted by molar-refractivity contribution is 5.79. The first kappa shape index (κ1) is 10.2. The van der Waals surface area contributed by atoms with Crippen molar-refractivity contribution in [2.24, 2.45) is 0 Å². The van der Waals surface area contributed by atoms with Crippen molar-refractivity contribution in [3.8, 4) is 5.75 Å². The van der Waals surface area contributed by atoms with Crippen LogP contribution >= 0.6 is 0 Å². The van der Waals surface area contributed by atoms with Crippen LogP contribution in [0.3, 0.4) is 0 Å². The molecule has 1 aromatic heterocycles. The summed E-state index contributed by atoms with van der Waals surface area (Å²) in [6, 6.07) is 5.66. The molecule has 0 aliphatic carbocycles. The molecule has 1 heterocycles. The molecule has 5 nitrogen and oxygen atoms in total. The smallest absolute Gasteiger partial charge is 0.339 e. The van der Waals surface area contributed by atoms with Gasteiger partial charge in [-0.1, -0.05) is 0 Å². The van der Waals surface area contributed by atoms with Gasteiger partial charge in [0.25, 0.3) is 0 Å². The normalized spacial score (nSPS) is 10.5. The number of fused-ring (bicyclic) bond motifs is 1. The fraction of sp³-hybridized carbons (Fsp3) is 0.0909. The SMILES string of the molecule is O=C([O-])Cc1cc2ccc(O)cc2oc1=O. The van der Waals surface area contributed by atoms with Crippen molar-refractivity contribution in [1.29, 1.82) is 0 Å². The monoisotopic (exact) mass is 219 g/mol. The first-order valence-corrected chi connectivity index (χ1v) is 4.52. The third kappa shape index (κ3) is 1.88. The molecule has 2 aromatic rings. The van der Waals surface area contributed by atoms with Crippen LogP contribution < -0.4 is 10.7 Å². The molecule has 1 aromatic carbocycles. The molecular formula is C11H7O5-. The summed E-state index contributed by atoms with van der Waals surface area (Å²) < 4.78 is 4.87. The maximum atomic E-state index is 11.3. The lowest BCUT2D eigenvalue weighted by Gasteiger charge is -2.03. The lowest BCUT2D eigenvalue weighted by Crippen LogP contribution is -2.26. The fourth-order valence-electron chi connectivity index (χ4n) is 1.42. The number of carboxylic acids is 1. The first-order chi connectivity index (χ1) is 7.56. The molecule has 2 rings (SSSR count). The molecule has 0 amide bonds. The number of phenols is 1. The summed E-state index contributed by atoms with van der Waals surface area (Å²) in [4.78, 5) is 21.7. The van der Waals surface area contributed by atoms with E-state index in [2.05, 4.69) is 0 Å². The van der Waals surface area contributed by atoms with E-state index in [0.717, 1.165) is 0 Å². The van der Waals surface area contributed by atoms with Crippen LogP contribution in [0.2, 0.25) is 0 Å². The van der Waals surface area contributed by atoms with Crippen molar-refractivity contribution >= 4 is 16.9 Å². The molecule has 0 saturated carbocycles. The molecule has 16 heavy (non-hydrogen) atoms. The van der Waals surface area contributed by atoms with Gasteiger partial charge in [0.1, 0.15) is 11.3 Å². The molecule has 0 aliphatic heterocycles. The highest BCUT2D eigenvalue weighted by atomic mass is 16.4. The minimum absolute atomic E-state index is 0.0247. The number of hydrogen-bond acceptors (Lipinski definition) is 5. The van der Waals surface area contributed by atoms with E-state index in [1.807, 2.05) is 0 Å². The average molecular weight is 219 g/mol. The third-order valence-electron chi connectivity index (χ3n) is 2.13. The summed E-state index contributed by atoms with van der Waals surface area (Å²) in [7, 11) is 0. The van der Waals surface area contributed by atoms with Crippen LogP contribution in [0, 0.1) is 0 Å². The number of aromatic hydroxyl groups is 1. The number of aliphatic carboxylic acids is 1. The van der Waals surface area contributed by atoms with Gasteiger partial charge in [-0.25, -0.2) is 4.79 Å². The molecule has 0 bridgehead atoms. The molecule has 0 unspecified atom stereocenters. The fourth-order valence-corrected chi connectivity index (χ4v) is 1.42. The lowest BCUT2D eigenvalue weighted by atomic mass is 10.1. The van der Waals surface area contributed by atoms with Crippen molar-refractivity contribution in [1.82, 2.24) is 0 Å². The van der Waals surface area contributed by atoms with E-state index in [9.17, 15) is 14.7 Å². The van der Waals surface area contributed by atoms with Gasteiger partial charge in [0.2, 0.25) is 0 Å². The zero-order valence-electron chi connectivity index (χ0n) is 8.10. The number of carboxylic acid groups (broad SMARTS) is 1. The minimum atomic E-state index is -1.34. The molecule has 0 saturated heterocycles. The molecule has 5 heteroatoms.